The first-order valence-corrected chi connectivity index (χ1v) is 8.64. The van der Waals surface area contributed by atoms with Gasteiger partial charge in [-0.3, -0.25) is 0 Å². The number of aromatic amines is 1. The van der Waals surface area contributed by atoms with E-state index in [2.05, 4.69) is 15.1 Å². The van der Waals surface area contributed by atoms with Gasteiger partial charge in [0.2, 0.25) is 0 Å². The molecule has 5 rings (SSSR count). The molecule has 0 bridgehead atoms. The van der Waals surface area contributed by atoms with Gasteiger partial charge in [0.05, 0.1) is 11.8 Å². The van der Waals surface area contributed by atoms with Crippen molar-refractivity contribution >= 4 is 11.0 Å². The summed E-state index contributed by atoms with van der Waals surface area (Å²) in [6.45, 7) is 0. The summed E-state index contributed by atoms with van der Waals surface area (Å²) in [4.78, 5) is 7.56. The first kappa shape index (κ1) is 16.4. The number of nitrogens with zero attached hydrogens (tertiary/aromatic N) is 2. The third-order valence-corrected chi connectivity index (χ3v) is 4.70. The number of benzene rings is 2. The van der Waals surface area contributed by atoms with Crippen LogP contribution in [0.4, 0.5) is 8.78 Å². The number of nitrogens with one attached hydrogen (secondary N) is 1. The molecule has 5 aromatic rings. The standard InChI is InChI=1S/C22H13F2N3O/c23-19-8-4-7-15(20(19)24)18-12-27-28-21(18)17-11-26-22-16(17)9-14(10-25-22)13-5-2-1-3-6-13/h1-12H,(H,25,26). The minimum atomic E-state index is -0.935. The third kappa shape index (κ3) is 2.58. The average molecular weight is 373 g/mol. The number of fused-ring (bicyclic) bond motifs is 1. The molecule has 0 atom stereocenters. The molecular formula is C22H13F2N3O. The third-order valence-electron chi connectivity index (χ3n) is 4.70. The number of H-pyrrole nitrogens is 1. The van der Waals surface area contributed by atoms with Gasteiger partial charge in [-0.2, -0.15) is 0 Å². The molecule has 1 N–H and O–H groups in total. The van der Waals surface area contributed by atoms with Crippen LogP contribution in [-0.2, 0) is 0 Å². The molecule has 0 amide bonds. The highest BCUT2D eigenvalue weighted by Crippen LogP contribution is 2.38. The van der Waals surface area contributed by atoms with E-state index in [1.807, 2.05) is 36.4 Å². The smallest absolute Gasteiger partial charge is 0.176 e. The van der Waals surface area contributed by atoms with Crippen LogP contribution >= 0.6 is 0 Å². The second-order valence-electron chi connectivity index (χ2n) is 6.36. The Morgan fingerprint density at radius 1 is 0.821 bits per heavy atom. The lowest BCUT2D eigenvalue weighted by Crippen LogP contribution is -1.89. The van der Waals surface area contributed by atoms with E-state index in [-0.39, 0.29) is 5.56 Å². The molecule has 136 valence electrons. The molecular weight excluding hydrogens is 360 g/mol. The quantitative estimate of drug-likeness (QED) is 0.433. The molecule has 3 aromatic heterocycles. The highest BCUT2D eigenvalue weighted by Gasteiger charge is 2.21. The van der Waals surface area contributed by atoms with Crippen molar-refractivity contribution in [1.29, 1.82) is 0 Å². The molecule has 0 saturated carbocycles. The van der Waals surface area contributed by atoms with Gasteiger partial charge in [-0.15, -0.1) is 0 Å². The van der Waals surface area contributed by atoms with Crippen molar-refractivity contribution in [2.75, 3.05) is 0 Å². The van der Waals surface area contributed by atoms with E-state index in [0.29, 0.717) is 22.5 Å². The first-order chi connectivity index (χ1) is 13.7. The lowest BCUT2D eigenvalue weighted by molar-refractivity contribution is 0.432. The summed E-state index contributed by atoms with van der Waals surface area (Å²) in [5, 5.41) is 4.62. The molecule has 0 aliphatic rings. The summed E-state index contributed by atoms with van der Waals surface area (Å²) < 4.78 is 33.4. The Bertz CT molecular complexity index is 1290. The molecule has 4 nitrogen and oxygen atoms in total. The van der Waals surface area contributed by atoms with Crippen molar-refractivity contribution < 1.29 is 13.3 Å². The van der Waals surface area contributed by atoms with Crippen molar-refractivity contribution in [3.05, 3.63) is 84.8 Å². The van der Waals surface area contributed by atoms with Crippen LogP contribution in [0.2, 0.25) is 0 Å². The van der Waals surface area contributed by atoms with Crippen LogP contribution in [0.1, 0.15) is 0 Å². The molecule has 3 heterocycles. The Balaban J connectivity index is 1.69. The molecule has 0 unspecified atom stereocenters. The summed E-state index contributed by atoms with van der Waals surface area (Å²) in [6, 6.07) is 15.9. The summed E-state index contributed by atoms with van der Waals surface area (Å²) in [5.41, 5.74) is 3.78. The highest BCUT2D eigenvalue weighted by molar-refractivity contribution is 5.97. The summed E-state index contributed by atoms with van der Waals surface area (Å²) in [6.07, 6.45) is 4.90. The Labute approximate surface area is 158 Å². The van der Waals surface area contributed by atoms with Crippen molar-refractivity contribution in [2.45, 2.75) is 0 Å². The fourth-order valence-corrected chi connectivity index (χ4v) is 3.32. The van der Waals surface area contributed by atoms with E-state index in [4.69, 9.17) is 4.52 Å². The van der Waals surface area contributed by atoms with Gasteiger partial charge in [-0.1, -0.05) is 47.6 Å². The largest absolute Gasteiger partial charge is 0.356 e. The van der Waals surface area contributed by atoms with E-state index < -0.39 is 11.6 Å². The number of aromatic nitrogens is 3. The minimum absolute atomic E-state index is 0.0952. The fourth-order valence-electron chi connectivity index (χ4n) is 3.32. The molecule has 0 radical (unpaired) electrons. The monoisotopic (exact) mass is 373 g/mol. The molecule has 0 fully saturated rings. The van der Waals surface area contributed by atoms with Crippen LogP contribution in [0.5, 0.6) is 0 Å². The van der Waals surface area contributed by atoms with Crippen molar-refractivity contribution in [3.8, 4) is 33.6 Å². The SMILES string of the molecule is Fc1cccc(-c2cnoc2-c2c[nH]c3ncc(-c4ccccc4)cc23)c1F. The van der Waals surface area contributed by atoms with E-state index in [1.54, 1.807) is 12.4 Å². The van der Waals surface area contributed by atoms with Gasteiger partial charge >= 0.3 is 0 Å². The topological polar surface area (TPSA) is 54.7 Å². The van der Waals surface area contributed by atoms with Gasteiger partial charge in [0, 0.05) is 34.5 Å². The van der Waals surface area contributed by atoms with E-state index in [9.17, 15) is 8.78 Å². The van der Waals surface area contributed by atoms with Gasteiger partial charge in [0.1, 0.15) is 5.65 Å². The predicted molar refractivity (Wildman–Crippen MR) is 102 cm³/mol. The Kier molecular flexibility index (Phi) is 3.76. The average Bonchev–Trinajstić information content (AvgIpc) is 3.37. The predicted octanol–water partition coefficient (Wildman–Crippen LogP) is 5.83. The maximum Gasteiger partial charge on any atom is 0.176 e. The lowest BCUT2D eigenvalue weighted by Gasteiger charge is -2.04. The second kappa shape index (κ2) is 6.42. The summed E-state index contributed by atoms with van der Waals surface area (Å²) in [7, 11) is 0. The van der Waals surface area contributed by atoms with Gasteiger partial charge in [0.25, 0.3) is 0 Å². The summed E-state index contributed by atoms with van der Waals surface area (Å²) in [5.74, 6) is -1.51. The van der Waals surface area contributed by atoms with Crippen molar-refractivity contribution in [3.63, 3.8) is 0 Å². The van der Waals surface area contributed by atoms with E-state index in [0.717, 1.165) is 22.6 Å². The molecule has 0 aliphatic carbocycles. The van der Waals surface area contributed by atoms with E-state index >= 15 is 0 Å². The van der Waals surface area contributed by atoms with Crippen LogP contribution < -0.4 is 0 Å². The normalized spacial score (nSPS) is 11.2. The van der Waals surface area contributed by atoms with E-state index in [1.165, 1.54) is 18.3 Å². The Hall–Kier alpha value is -3.80. The Morgan fingerprint density at radius 2 is 1.68 bits per heavy atom. The molecule has 0 aliphatic heterocycles. The van der Waals surface area contributed by atoms with Crippen LogP contribution in [-0.4, -0.2) is 15.1 Å². The van der Waals surface area contributed by atoms with Gasteiger partial charge in [-0.25, -0.2) is 13.8 Å². The molecule has 28 heavy (non-hydrogen) atoms. The molecule has 6 heteroatoms. The number of rotatable bonds is 3. The zero-order chi connectivity index (χ0) is 19.1. The van der Waals surface area contributed by atoms with Crippen LogP contribution in [0.25, 0.3) is 44.6 Å². The second-order valence-corrected chi connectivity index (χ2v) is 6.36. The molecule has 2 aromatic carbocycles. The first-order valence-electron chi connectivity index (χ1n) is 8.64. The van der Waals surface area contributed by atoms with Gasteiger partial charge < -0.3 is 9.51 Å². The van der Waals surface area contributed by atoms with Gasteiger partial charge in [-0.05, 0) is 17.7 Å². The number of hydrogen-bond donors (Lipinski definition) is 1. The van der Waals surface area contributed by atoms with Crippen LogP contribution in [0, 0.1) is 11.6 Å². The number of hydrogen-bond acceptors (Lipinski definition) is 3. The molecule has 0 saturated heterocycles. The van der Waals surface area contributed by atoms with Gasteiger partial charge in [0.15, 0.2) is 17.4 Å². The maximum absolute atomic E-state index is 14.3. The molecule has 0 spiro atoms. The zero-order valence-electron chi connectivity index (χ0n) is 14.5. The Morgan fingerprint density at radius 3 is 2.54 bits per heavy atom. The van der Waals surface area contributed by atoms with Crippen LogP contribution in [0.3, 0.4) is 0 Å². The zero-order valence-corrected chi connectivity index (χ0v) is 14.5. The van der Waals surface area contributed by atoms with Crippen molar-refractivity contribution in [1.82, 2.24) is 15.1 Å². The highest BCUT2D eigenvalue weighted by atomic mass is 19.2. The lowest BCUT2D eigenvalue weighted by atomic mass is 10.0. The minimum Gasteiger partial charge on any atom is -0.356 e. The fraction of sp³-hybridized carbons (Fsp3) is 0. The summed E-state index contributed by atoms with van der Waals surface area (Å²) >= 11 is 0. The van der Waals surface area contributed by atoms with Crippen LogP contribution in [0.15, 0.2) is 77.7 Å². The maximum atomic E-state index is 14.3. The number of halogens is 2. The van der Waals surface area contributed by atoms with Crippen molar-refractivity contribution in [2.24, 2.45) is 0 Å². The number of pyridine rings is 1.